The number of nitrogens with zero attached hydrogens (tertiary/aromatic N) is 5. The van der Waals surface area contributed by atoms with E-state index in [9.17, 15) is 9.90 Å². The largest absolute Gasteiger partial charge is 0.391 e. The Hall–Kier alpha value is -2.28. The Morgan fingerprint density at radius 3 is 2.78 bits per heavy atom. The van der Waals surface area contributed by atoms with Crippen LogP contribution in [0.25, 0.3) is 0 Å². The maximum absolute atomic E-state index is 12.3. The quantitative estimate of drug-likeness (QED) is 0.922. The fourth-order valence-electron chi connectivity index (χ4n) is 2.91. The number of rotatable bonds is 4. The van der Waals surface area contributed by atoms with Crippen molar-refractivity contribution in [2.75, 3.05) is 7.05 Å². The molecule has 1 N–H and O–H groups in total. The first kappa shape index (κ1) is 15.6. The standard InChI is InChI=1S/C16H21N5O2/c1-20(16(23)12-7-3-2-4-8-12)11-15-17-19-21(18-15)13-9-5-6-10-14(13)22/h2-4,7-8,13-14,22H,5-6,9-11H2,1H3. The molecule has 1 aliphatic carbocycles. The summed E-state index contributed by atoms with van der Waals surface area (Å²) in [5.74, 6) is 0.397. The molecule has 0 bridgehead atoms. The third kappa shape index (κ3) is 3.56. The molecule has 1 heterocycles. The Labute approximate surface area is 134 Å². The van der Waals surface area contributed by atoms with E-state index in [1.807, 2.05) is 18.2 Å². The SMILES string of the molecule is CN(Cc1nnn(C2CCCCC2O)n1)C(=O)c1ccccc1. The van der Waals surface area contributed by atoms with Gasteiger partial charge in [-0.05, 0) is 30.2 Å². The summed E-state index contributed by atoms with van der Waals surface area (Å²) in [5.41, 5.74) is 0.630. The summed E-state index contributed by atoms with van der Waals surface area (Å²) in [6, 6.07) is 8.99. The van der Waals surface area contributed by atoms with Gasteiger partial charge >= 0.3 is 0 Å². The zero-order valence-electron chi connectivity index (χ0n) is 13.2. The monoisotopic (exact) mass is 315 g/mol. The van der Waals surface area contributed by atoms with E-state index in [1.54, 1.807) is 24.1 Å². The molecule has 0 radical (unpaired) electrons. The Kier molecular flexibility index (Phi) is 4.66. The maximum atomic E-state index is 12.3. The van der Waals surface area contributed by atoms with Crippen LogP contribution in [0.2, 0.25) is 0 Å². The summed E-state index contributed by atoms with van der Waals surface area (Å²) in [5, 5.41) is 22.5. The van der Waals surface area contributed by atoms with E-state index in [0.717, 1.165) is 25.7 Å². The summed E-state index contributed by atoms with van der Waals surface area (Å²) >= 11 is 0. The molecule has 2 aromatic rings. The van der Waals surface area contributed by atoms with Crippen molar-refractivity contribution in [3.8, 4) is 0 Å². The highest BCUT2D eigenvalue weighted by Gasteiger charge is 2.27. The third-order valence-corrected chi connectivity index (χ3v) is 4.21. The van der Waals surface area contributed by atoms with Gasteiger partial charge in [0.1, 0.15) is 0 Å². The number of benzene rings is 1. The Bertz CT molecular complexity index is 658. The molecule has 1 amide bonds. The van der Waals surface area contributed by atoms with Gasteiger partial charge in [-0.2, -0.15) is 4.80 Å². The minimum atomic E-state index is -0.422. The Morgan fingerprint density at radius 1 is 1.30 bits per heavy atom. The molecule has 0 spiro atoms. The zero-order chi connectivity index (χ0) is 16.2. The van der Waals surface area contributed by atoms with Gasteiger partial charge in [0.15, 0.2) is 5.82 Å². The smallest absolute Gasteiger partial charge is 0.254 e. The molecule has 1 saturated carbocycles. The lowest BCUT2D eigenvalue weighted by molar-refractivity contribution is 0.0609. The molecule has 7 nitrogen and oxygen atoms in total. The molecule has 1 aromatic heterocycles. The first-order valence-electron chi connectivity index (χ1n) is 7.92. The van der Waals surface area contributed by atoms with Crippen molar-refractivity contribution in [2.24, 2.45) is 0 Å². The lowest BCUT2D eigenvalue weighted by Crippen LogP contribution is -2.29. The van der Waals surface area contributed by atoms with Gasteiger partial charge in [0.05, 0.1) is 18.7 Å². The molecule has 0 aliphatic heterocycles. The van der Waals surface area contributed by atoms with E-state index >= 15 is 0 Å². The number of hydrogen-bond donors (Lipinski definition) is 1. The second-order valence-electron chi connectivity index (χ2n) is 5.97. The highest BCUT2D eigenvalue weighted by Crippen LogP contribution is 2.27. The van der Waals surface area contributed by atoms with Gasteiger partial charge in [-0.1, -0.05) is 31.0 Å². The predicted molar refractivity (Wildman–Crippen MR) is 83.6 cm³/mol. The van der Waals surface area contributed by atoms with Crippen LogP contribution in [-0.4, -0.2) is 49.3 Å². The highest BCUT2D eigenvalue weighted by atomic mass is 16.3. The van der Waals surface area contributed by atoms with Crippen molar-refractivity contribution < 1.29 is 9.90 Å². The van der Waals surface area contributed by atoms with E-state index in [0.29, 0.717) is 11.4 Å². The summed E-state index contributed by atoms with van der Waals surface area (Å²) in [6.07, 6.45) is 3.30. The minimum absolute atomic E-state index is 0.0837. The highest BCUT2D eigenvalue weighted by molar-refractivity contribution is 5.93. The fourth-order valence-corrected chi connectivity index (χ4v) is 2.91. The van der Waals surface area contributed by atoms with E-state index in [4.69, 9.17) is 0 Å². The second-order valence-corrected chi connectivity index (χ2v) is 5.97. The molecule has 0 saturated heterocycles. The van der Waals surface area contributed by atoms with E-state index in [1.165, 1.54) is 4.80 Å². The Morgan fingerprint density at radius 2 is 2.04 bits per heavy atom. The first-order valence-corrected chi connectivity index (χ1v) is 7.92. The van der Waals surface area contributed by atoms with Crippen LogP contribution in [0.1, 0.15) is 47.9 Å². The Balaban J connectivity index is 1.65. The minimum Gasteiger partial charge on any atom is -0.391 e. The molecule has 1 fully saturated rings. The van der Waals surface area contributed by atoms with Crippen molar-refractivity contribution in [1.29, 1.82) is 0 Å². The average molecular weight is 315 g/mol. The molecule has 1 aliphatic rings. The van der Waals surface area contributed by atoms with Gasteiger partial charge in [-0.25, -0.2) is 0 Å². The number of carbonyl (C=O) groups excluding carboxylic acids is 1. The molecule has 23 heavy (non-hydrogen) atoms. The van der Waals surface area contributed by atoms with Crippen molar-refractivity contribution in [3.05, 3.63) is 41.7 Å². The summed E-state index contributed by atoms with van der Waals surface area (Å²) in [7, 11) is 1.71. The predicted octanol–water partition coefficient (Wildman–Crippen LogP) is 1.42. The van der Waals surface area contributed by atoms with Crippen molar-refractivity contribution in [3.63, 3.8) is 0 Å². The zero-order valence-corrected chi connectivity index (χ0v) is 13.2. The average Bonchev–Trinajstić information content (AvgIpc) is 3.03. The topological polar surface area (TPSA) is 84.1 Å². The van der Waals surface area contributed by atoms with Crippen LogP contribution in [0.15, 0.2) is 30.3 Å². The molecule has 3 rings (SSSR count). The van der Waals surface area contributed by atoms with Crippen LogP contribution in [0.4, 0.5) is 0 Å². The maximum Gasteiger partial charge on any atom is 0.254 e. The van der Waals surface area contributed by atoms with Crippen LogP contribution in [0, 0.1) is 0 Å². The van der Waals surface area contributed by atoms with Crippen LogP contribution in [0.3, 0.4) is 0 Å². The first-order chi connectivity index (χ1) is 11.1. The molecule has 2 unspecified atom stereocenters. The molecule has 1 aromatic carbocycles. The third-order valence-electron chi connectivity index (χ3n) is 4.21. The molecular weight excluding hydrogens is 294 g/mol. The van der Waals surface area contributed by atoms with Crippen LogP contribution >= 0.6 is 0 Å². The summed E-state index contributed by atoms with van der Waals surface area (Å²) in [4.78, 5) is 15.4. The number of hydrogen-bond acceptors (Lipinski definition) is 5. The van der Waals surface area contributed by atoms with Crippen LogP contribution in [-0.2, 0) is 6.54 Å². The van der Waals surface area contributed by atoms with Crippen molar-refractivity contribution in [1.82, 2.24) is 25.1 Å². The lowest BCUT2D eigenvalue weighted by atomic mass is 9.93. The van der Waals surface area contributed by atoms with Gasteiger partial charge in [-0.3, -0.25) is 4.79 Å². The van der Waals surface area contributed by atoms with Gasteiger partial charge < -0.3 is 10.0 Å². The molecule has 7 heteroatoms. The van der Waals surface area contributed by atoms with E-state index in [2.05, 4.69) is 15.4 Å². The van der Waals surface area contributed by atoms with E-state index < -0.39 is 6.10 Å². The number of aliphatic hydroxyl groups excluding tert-OH is 1. The van der Waals surface area contributed by atoms with E-state index in [-0.39, 0.29) is 18.5 Å². The number of tetrazole rings is 1. The van der Waals surface area contributed by atoms with Crippen LogP contribution < -0.4 is 0 Å². The van der Waals surface area contributed by atoms with Crippen LogP contribution in [0.5, 0.6) is 0 Å². The number of aliphatic hydroxyl groups is 1. The van der Waals surface area contributed by atoms with Gasteiger partial charge in [0.2, 0.25) is 0 Å². The lowest BCUT2D eigenvalue weighted by Gasteiger charge is -2.25. The normalized spacial score (nSPS) is 21.1. The van der Waals surface area contributed by atoms with Gasteiger partial charge in [0, 0.05) is 12.6 Å². The second kappa shape index (κ2) is 6.87. The number of aromatic nitrogens is 4. The van der Waals surface area contributed by atoms with Gasteiger partial charge in [-0.15, -0.1) is 10.2 Å². The van der Waals surface area contributed by atoms with Crippen molar-refractivity contribution in [2.45, 2.75) is 44.4 Å². The number of carbonyl (C=O) groups is 1. The summed E-state index contributed by atoms with van der Waals surface area (Å²) in [6.45, 7) is 0.288. The van der Waals surface area contributed by atoms with Gasteiger partial charge in [0.25, 0.3) is 5.91 Å². The molecule has 2 atom stereocenters. The van der Waals surface area contributed by atoms with Crippen molar-refractivity contribution >= 4 is 5.91 Å². The molecular formula is C16H21N5O2. The molecule has 122 valence electrons. The fraction of sp³-hybridized carbons (Fsp3) is 0.500. The number of amides is 1. The summed E-state index contributed by atoms with van der Waals surface area (Å²) < 4.78 is 0.